The first-order valence-electron chi connectivity index (χ1n) is 3.78. The monoisotopic (exact) mass is 153 g/mol. The maximum atomic E-state index is 4.86. The van der Waals surface area contributed by atoms with Gasteiger partial charge >= 0.3 is 0 Å². The van der Waals surface area contributed by atoms with E-state index >= 15 is 0 Å². The highest BCUT2D eigenvalue weighted by Crippen LogP contribution is 1.87. The Morgan fingerprint density at radius 2 is 2.09 bits per heavy atom. The van der Waals surface area contributed by atoms with E-state index in [2.05, 4.69) is 24.1 Å². The molecular weight excluding hydrogens is 138 g/mol. The van der Waals surface area contributed by atoms with Crippen molar-refractivity contribution in [1.82, 2.24) is 0 Å². The second-order valence-corrected chi connectivity index (χ2v) is 1.99. The van der Waals surface area contributed by atoms with Gasteiger partial charge in [0.15, 0.2) is 6.40 Å². The van der Waals surface area contributed by atoms with Crippen LogP contribution in [-0.4, -0.2) is 13.4 Å². The molecule has 0 fully saturated rings. The summed E-state index contributed by atoms with van der Waals surface area (Å²) in [5, 5.41) is 0. The molecule has 0 bridgehead atoms. The van der Waals surface area contributed by atoms with Crippen molar-refractivity contribution in [3.63, 3.8) is 0 Å². The van der Waals surface area contributed by atoms with Crippen LogP contribution in [0, 0.1) is 0 Å². The molecule has 0 heterocycles. The van der Waals surface area contributed by atoms with Gasteiger partial charge in [-0.05, 0) is 18.9 Å². The molecule has 0 radical (unpaired) electrons. The smallest absolute Gasteiger partial charge is 0.175 e. The maximum absolute atomic E-state index is 4.86. The minimum Gasteiger partial charge on any atom is -0.454 e. The summed E-state index contributed by atoms with van der Waals surface area (Å²) in [6.07, 6.45) is 11.2. The van der Waals surface area contributed by atoms with Crippen molar-refractivity contribution < 1.29 is 4.74 Å². The SMILES string of the molecule is CC/C=C/C/C=C/OC=NC. The van der Waals surface area contributed by atoms with Gasteiger partial charge in [0.2, 0.25) is 0 Å². The Hall–Kier alpha value is -1.05. The van der Waals surface area contributed by atoms with E-state index in [-0.39, 0.29) is 0 Å². The summed E-state index contributed by atoms with van der Waals surface area (Å²) in [6, 6.07) is 0. The van der Waals surface area contributed by atoms with E-state index in [0.29, 0.717) is 0 Å². The number of hydrogen-bond donors (Lipinski definition) is 0. The van der Waals surface area contributed by atoms with Crippen LogP contribution in [0.3, 0.4) is 0 Å². The van der Waals surface area contributed by atoms with E-state index in [1.807, 2.05) is 6.08 Å². The zero-order chi connectivity index (χ0) is 8.36. The molecule has 2 heteroatoms. The lowest BCUT2D eigenvalue weighted by atomic mass is 10.3. The molecule has 0 saturated heterocycles. The third kappa shape index (κ3) is 8.95. The molecule has 0 rings (SSSR count). The minimum atomic E-state index is 0.922. The predicted octanol–water partition coefficient (Wildman–Crippen LogP) is 2.53. The first-order valence-corrected chi connectivity index (χ1v) is 3.78. The first kappa shape index (κ1) is 9.95. The maximum Gasteiger partial charge on any atom is 0.175 e. The molecule has 2 nitrogen and oxygen atoms in total. The second-order valence-electron chi connectivity index (χ2n) is 1.99. The van der Waals surface area contributed by atoms with E-state index in [9.17, 15) is 0 Å². The Bertz CT molecular complexity index is 148. The van der Waals surface area contributed by atoms with E-state index in [4.69, 9.17) is 4.74 Å². The Balaban J connectivity index is 3.23. The van der Waals surface area contributed by atoms with Crippen LogP contribution < -0.4 is 0 Å². The third-order valence-corrected chi connectivity index (χ3v) is 1.02. The summed E-state index contributed by atoms with van der Waals surface area (Å²) in [6.45, 7) is 2.11. The summed E-state index contributed by atoms with van der Waals surface area (Å²) < 4.78 is 4.86. The minimum absolute atomic E-state index is 0.922. The average Bonchev–Trinajstić information content (AvgIpc) is 2.03. The van der Waals surface area contributed by atoms with Gasteiger partial charge in [0.25, 0.3) is 0 Å². The molecule has 0 aromatic rings. The molecule has 0 aliphatic carbocycles. The number of rotatable bonds is 5. The fraction of sp³-hybridized carbons (Fsp3) is 0.444. The van der Waals surface area contributed by atoms with Crippen molar-refractivity contribution >= 4 is 6.40 Å². The van der Waals surface area contributed by atoms with Crippen LogP contribution in [0.1, 0.15) is 19.8 Å². The van der Waals surface area contributed by atoms with Crippen LogP contribution in [0.5, 0.6) is 0 Å². The van der Waals surface area contributed by atoms with Gasteiger partial charge in [-0.25, -0.2) is 0 Å². The molecular formula is C9H15NO. The van der Waals surface area contributed by atoms with E-state index < -0.39 is 0 Å². The molecule has 0 saturated carbocycles. The van der Waals surface area contributed by atoms with Crippen LogP contribution >= 0.6 is 0 Å². The highest BCUT2D eigenvalue weighted by atomic mass is 16.5. The van der Waals surface area contributed by atoms with Gasteiger partial charge in [0.05, 0.1) is 6.26 Å². The van der Waals surface area contributed by atoms with Gasteiger partial charge in [0.1, 0.15) is 0 Å². The van der Waals surface area contributed by atoms with Crippen molar-refractivity contribution in [3.05, 3.63) is 24.5 Å². The van der Waals surface area contributed by atoms with Crippen LogP contribution in [-0.2, 0) is 4.74 Å². The predicted molar refractivity (Wildman–Crippen MR) is 48.7 cm³/mol. The zero-order valence-electron chi connectivity index (χ0n) is 7.16. The summed E-state index contributed by atoms with van der Waals surface area (Å²) in [5.74, 6) is 0. The van der Waals surface area contributed by atoms with Gasteiger partial charge in [-0.1, -0.05) is 19.1 Å². The Morgan fingerprint density at radius 1 is 1.27 bits per heavy atom. The number of aliphatic imine (C=N–C) groups is 1. The van der Waals surface area contributed by atoms with Crippen molar-refractivity contribution in [2.45, 2.75) is 19.8 Å². The number of hydrogen-bond acceptors (Lipinski definition) is 2. The fourth-order valence-electron chi connectivity index (χ4n) is 0.549. The Morgan fingerprint density at radius 3 is 2.73 bits per heavy atom. The van der Waals surface area contributed by atoms with Crippen LogP contribution in [0.25, 0.3) is 0 Å². The molecule has 62 valence electrons. The molecule has 11 heavy (non-hydrogen) atoms. The molecule has 0 aliphatic rings. The van der Waals surface area contributed by atoms with Gasteiger partial charge in [-0.2, -0.15) is 0 Å². The molecule has 0 spiro atoms. The second kappa shape index (κ2) is 8.95. The Labute approximate surface area is 68.3 Å². The van der Waals surface area contributed by atoms with Crippen LogP contribution in [0.15, 0.2) is 29.5 Å². The lowest BCUT2D eigenvalue weighted by Gasteiger charge is -1.85. The molecule has 0 aromatic carbocycles. The van der Waals surface area contributed by atoms with Crippen LogP contribution in [0.2, 0.25) is 0 Å². The molecule has 0 amide bonds. The molecule has 0 atom stereocenters. The zero-order valence-corrected chi connectivity index (χ0v) is 7.16. The van der Waals surface area contributed by atoms with E-state index in [1.165, 1.54) is 6.40 Å². The average molecular weight is 153 g/mol. The van der Waals surface area contributed by atoms with Crippen molar-refractivity contribution in [1.29, 1.82) is 0 Å². The van der Waals surface area contributed by atoms with E-state index in [1.54, 1.807) is 13.3 Å². The fourth-order valence-corrected chi connectivity index (χ4v) is 0.549. The van der Waals surface area contributed by atoms with Crippen molar-refractivity contribution in [2.24, 2.45) is 4.99 Å². The van der Waals surface area contributed by atoms with Gasteiger partial charge in [-0.3, -0.25) is 4.99 Å². The normalized spacial score (nSPS) is 12.2. The summed E-state index contributed by atoms with van der Waals surface area (Å²) in [4.78, 5) is 3.65. The van der Waals surface area contributed by atoms with Crippen LogP contribution in [0.4, 0.5) is 0 Å². The van der Waals surface area contributed by atoms with Gasteiger partial charge < -0.3 is 4.74 Å². The largest absolute Gasteiger partial charge is 0.454 e. The summed E-state index contributed by atoms with van der Waals surface area (Å²) >= 11 is 0. The molecule has 0 aliphatic heterocycles. The lowest BCUT2D eigenvalue weighted by molar-refractivity contribution is 0.491. The Kier molecular flexibility index (Phi) is 8.10. The van der Waals surface area contributed by atoms with Crippen molar-refractivity contribution in [2.75, 3.05) is 7.05 Å². The highest BCUT2D eigenvalue weighted by molar-refractivity contribution is 5.46. The highest BCUT2D eigenvalue weighted by Gasteiger charge is 1.70. The topological polar surface area (TPSA) is 21.6 Å². The van der Waals surface area contributed by atoms with Gasteiger partial charge in [-0.15, -0.1) is 0 Å². The molecule has 0 N–H and O–H groups in total. The number of allylic oxidation sites excluding steroid dienone is 3. The summed E-state index contributed by atoms with van der Waals surface area (Å²) in [7, 11) is 1.67. The first-order chi connectivity index (χ1) is 5.41. The summed E-state index contributed by atoms with van der Waals surface area (Å²) in [5.41, 5.74) is 0. The van der Waals surface area contributed by atoms with Crippen molar-refractivity contribution in [3.8, 4) is 0 Å². The third-order valence-electron chi connectivity index (χ3n) is 1.02. The van der Waals surface area contributed by atoms with E-state index in [0.717, 1.165) is 12.8 Å². The molecule has 0 aromatic heterocycles. The number of nitrogens with zero attached hydrogens (tertiary/aromatic N) is 1. The quantitative estimate of drug-likeness (QED) is 0.257. The molecule has 0 unspecified atom stereocenters. The lowest BCUT2D eigenvalue weighted by Crippen LogP contribution is -1.73. The number of ether oxygens (including phenoxy) is 1. The standard InChI is InChI=1S/C9H15NO/c1-3-4-5-6-7-8-11-9-10-2/h4-5,7-9H,3,6H2,1-2H3/b5-4+,8-7+,10-9?. The van der Waals surface area contributed by atoms with Gasteiger partial charge in [0, 0.05) is 7.05 Å².